The van der Waals surface area contributed by atoms with Crippen molar-refractivity contribution in [3.63, 3.8) is 0 Å². The molecule has 2 saturated heterocycles. The molecular weight excluding hydrogens is 619 g/mol. The average Bonchev–Trinajstić information content (AvgIpc) is 3.45. The number of likely N-dealkylation sites (N-methyl/N-ethyl adjacent to an activating group) is 1. The number of cyclic esters (lactones) is 1. The Balaban J connectivity index is 0.000000606. The Morgan fingerprint density at radius 1 is 1.20 bits per heavy atom. The third-order valence-corrected chi connectivity index (χ3v) is 9.33. The number of esters is 1. The highest BCUT2D eigenvalue weighted by atomic mass is 32.2. The molecule has 254 valence electrons. The van der Waals surface area contributed by atoms with Gasteiger partial charge in [0.05, 0.1) is 48.1 Å². The molecule has 5 rings (SSSR count). The van der Waals surface area contributed by atoms with Crippen LogP contribution >= 0.6 is 0 Å². The molecule has 1 unspecified atom stereocenters. The van der Waals surface area contributed by atoms with Crippen LogP contribution in [0.1, 0.15) is 45.6 Å². The van der Waals surface area contributed by atoms with Crippen LogP contribution in [-0.2, 0) is 30.1 Å². The van der Waals surface area contributed by atoms with E-state index in [-0.39, 0.29) is 29.6 Å². The molecule has 14 heteroatoms. The standard InChI is InChI=1S/C29H39FN4O5.C3H6O3S/c1-18-5-7-22(35)16-27(36)39-28(20(3)13-21-14-24(30)23-17-31-32-25(23)15-21)19(2)6-8-26(18)38-29(37)34-11-9-33(4)10-12-34;4-7(5)3-1-6-2-3/h6,8,13-15,17-19,22,26,28,35H,5,7,9-12,16H2,1-4H3,(H,31,32);3H,1-2H2,(H,4,5)/p-1/b8-6+,20-13+;/t18-,19-,22+,26-,28-;/m0./s1. The molecule has 1 aromatic carbocycles. The molecule has 6 atom stereocenters. The van der Waals surface area contributed by atoms with Crippen LogP contribution in [0.3, 0.4) is 0 Å². The number of hydrogen-bond acceptors (Lipinski definition) is 10. The number of piperazine rings is 1. The predicted molar refractivity (Wildman–Crippen MR) is 170 cm³/mol. The van der Waals surface area contributed by atoms with E-state index in [4.69, 9.17) is 9.47 Å². The lowest BCUT2D eigenvalue weighted by Crippen LogP contribution is -2.48. The number of ether oxygens (including phenoxy) is 3. The summed E-state index contributed by atoms with van der Waals surface area (Å²) in [7, 11) is 2.03. The minimum absolute atomic E-state index is 0.0610. The molecule has 3 aliphatic rings. The van der Waals surface area contributed by atoms with Gasteiger partial charge in [-0.15, -0.1) is 0 Å². The van der Waals surface area contributed by atoms with Crippen molar-refractivity contribution >= 4 is 40.1 Å². The molecule has 4 heterocycles. The van der Waals surface area contributed by atoms with Gasteiger partial charge >= 0.3 is 12.1 Å². The number of benzene rings is 1. The fraction of sp³-hybridized carbons (Fsp3) is 0.594. The van der Waals surface area contributed by atoms with Gasteiger partial charge < -0.3 is 33.7 Å². The minimum Gasteiger partial charge on any atom is -0.772 e. The summed E-state index contributed by atoms with van der Waals surface area (Å²) >= 11 is -1.90. The number of aliphatic hydroxyl groups excluding tert-OH is 1. The molecule has 2 aromatic rings. The number of aromatic nitrogens is 2. The highest BCUT2D eigenvalue weighted by Gasteiger charge is 2.29. The van der Waals surface area contributed by atoms with Crippen molar-refractivity contribution in [2.75, 3.05) is 46.4 Å². The smallest absolute Gasteiger partial charge is 0.410 e. The number of amides is 1. The van der Waals surface area contributed by atoms with Crippen molar-refractivity contribution in [1.29, 1.82) is 0 Å². The molecule has 0 saturated carbocycles. The number of aliphatic hydroxyl groups is 1. The van der Waals surface area contributed by atoms with E-state index >= 15 is 0 Å². The second-order valence-corrected chi connectivity index (χ2v) is 13.5. The zero-order valence-corrected chi connectivity index (χ0v) is 27.5. The summed E-state index contributed by atoms with van der Waals surface area (Å²) in [6.07, 6.45) is 5.44. The summed E-state index contributed by atoms with van der Waals surface area (Å²) in [5.41, 5.74) is 1.89. The first-order valence-corrected chi connectivity index (χ1v) is 16.7. The van der Waals surface area contributed by atoms with E-state index in [1.54, 1.807) is 17.0 Å². The Bertz CT molecular complexity index is 1420. The number of H-pyrrole nitrogens is 1. The van der Waals surface area contributed by atoms with Crippen LogP contribution in [0.15, 0.2) is 36.1 Å². The largest absolute Gasteiger partial charge is 0.772 e. The lowest BCUT2D eigenvalue weighted by atomic mass is 9.91. The number of hydrogen-bond donors (Lipinski definition) is 2. The maximum absolute atomic E-state index is 14.5. The van der Waals surface area contributed by atoms with Crippen molar-refractivity contribution in [1.82, 2.24) is 20.0 Å². The predicted octanol–water partition coefficient (Wildman–Crippen LogP) is 3.41. The molecule has 2 fully saturated rings. The third-order valence-electron chi connectivity index (χ3n) is 8.51. The number of nitrogens with zero attached hydrogens (tertiary/aromatic N) is 3. The molecule has 0 aliphatic carbocycles. The van der Waals surface area contributed by atoms with Crippen molar-refractivity contribution in [2.45, 2.75) is 63.6 Å². The van der Waals surface area contributed by atoms with Crippen LogP contribution in [-0.4, -0.2) is 116 Å². The molecule has 0 bridgehead atoms. The van der Waals surface area contributed by atoms with Gasteiger partial charge in [-0.05, 0) is 73.2 Å². The van der Waals surface area contributed by atoms with Gasteiger partial charge in [-0.25, -0.2) is 9.18 Å². The van der Waals surface area contributed by atoms with Crippen LogP contribution < -0.4 is 0 Å². The van der Waals surface area contributed by atoms with E-state index < -0.39 is 41.2 Å². The van der Waals surface area contributed by atoms with Crippen LogP contribution in [0, 0.1) is 17.7 Å². The summed E-state index contributed by atoms with van der Waals surface area (Å²) < 4.78 is 50.7. The van der Waals surface area contributed by atoms with E-state index in [1.807, 2.05) is 40.0 Å². The first-order chi connectivity index (χ1) is 21.9. The lowest BCUT2D eigenvalue weighted by molar-refractivity contribution is -0.151. The van der Waals surface area contributed by atoms with E-state index in [1.165, 1.54) is 12.3 Å². The van der Waals surface area contributed by atoms with Gasteiger partial charge in [0.1, 0.15) is 18.0 Å². The molecule has 46 heavy (non-hydrogen) atoms. The highest BCUT2D eigenvalue weighted by Crippen LogP contribution is 2.27. The third kappa shape index (κ3) is 9.91. The Labute approximate surface area is 271 Å². The van der Waals surface area contributed by atoms with Crippen LogP contribution in [0.4, 0.5) is 9.18 Å². The van der Waals surface area contributed by atoms with Gasteiger partial charge in [-0.2, -0.15) is 5.10 Å². The molecule has 12 nitrogen and oxygen atoms in total. The molecule has 1 aromatic heterocycles. The summed E-state index contributed by atoms with van der Waals surface area (Å²) in [6.45, 7) is 9.31. The highest BCUT2D eigenvalue weighted by molar-refractivity contribution is 7.79. The second-order valence-electron chi connectivity index (χ2n) is 12.3. The summed E-state index contributed by atoms with van der Waals surface area (Å²) in [4.78, 5) is 29.6. The number of carbonyl (C=O) groups excluding carboxylic acids is 2. The quantitative estimate of drug-likeness (QED) is 0.282. The van der Waals surface area contributed by atoms with E-state index in [0.29, 0.717) is 61.2 Å². The number of aromatic amines is 1. The van der Waals surface area contributed by atoms with E-state index in [0.717, 1.165) is 13.1 Å². The molecular formula is C32H44FN4O8S-. The SMILES string of the molecule is C/C(=C\c1cc(F)c2cn[nH]c2c1)[C@H]1OC(=O)C[C@H](O)CC[C@H](C)[C@@H](OC(=O)N2CCN(C)CC2)/C=C/[C@@H]1C.O=S([O-])C1COC1. The number of nitrogens with one attached hydrogen (secondary N) is 1. The first-order valence-electron chi connectivity index (χ1n) is 15.6. The monoisotopic (exact) mass is 663 g/mol. The number of carbonyl (C=O) groups is 2. The summed E-state index contributed by atoms with van der Waals surface area (Å²) in [6, 6.07) is 3.20. The van der Waals surface area contributed by atoms with Crippen molar-refractivity contribution < 1.29 is 42.1 Å². The first kappa shape index (κ1) is 35.7. The van der Waals surface area contributed by atoms with Crippen molar-refractivity contribution in [3.8, 4) is 0 Å². The molecule has 0 radical (unpaired) electrons. The van der Waals surface area contributed by atoms with Gasteiger partial charge in [-0.1, -0.05) is 26.0 Å². The fourth-order valence-electron chi connectivity index (χ4n) is 5.41. The topological polar surface area (TPSA) is 157 Å². The van der Waals surface area contributed by atoms with Crippen LogP contribution in [0.5, 0.6) is 0 Å². The Morgan fingerprint density at radius 2 is 1.91 bits per heavy atom. The fourth-order valence-corrected chi connectivity index (χ4v) is 5.83. The Kier molecular flexibility index (Phi) is 12.9. The minimum atomic E-state index is -1.90. The van der Waals surface area contributed by atoms with Gasteiger partial charge in [0, 0.05) is 32.1 Å². The molecule has 2 N–H and O–H groups in total. The zero-order chi connectivity index (χ0) is 33.4. The maximum Gasteiger partial charge on any atom is 0.410 e. The van der Waals surface area contributed by atoms with E-state index in [2.05, 4.69) is 19.8 Å². The van der Waals surface area contributed by atoms with Gasteiger partial charge in [0.25, 0.3) is 0 Å². The van der Waals surface area contributed by atoms with Gasteiger partial charge in [0.15, 0.2) is 0 Å². The maximum atomic E-state index is 14.5. The normalized spacial score (nSPS) is 28.5. The average molecular weight is 664 g/mol. The van der Waals surface area contributed by atoms with Crippen LogP contribution in [0.25, 0.3) is 17.0 Å². The Morgan fingerprint density at radius 3 is 2.54 bits per heavy atom. The van der Waals surface area contributed by atoms with Gasteiger partial charge in [0.2, 0.25) is 0 Å². The second kappa shape index (κ2) is 16.6. The van der Waals surface area contributed by atoms with Crippen molar-refractivity contribution in [3.05, 3.63) is 47.4 Å². The Hall–Kier alpha value is -3.17. The summed E-state index contributed by atoms with van der Waals surface area (Å²) in [5.74, 6) is -1.23. The zero-order valence-electron chi connectivity index (χ0n) is 26.7. The molecule has 3 aliphatic heterocycles. The lowest BCUT2D eigenvalue weighted by Gasteiger charge is -2.33. The number of fused-ring (bicyclic) bond motifs is 1. The number of halogens is 1. The summed E-state index contributed by atoms with van der Waals surface area (Å²) in [5, 5.41) is 17.4. The van der Waals surface area contributed by atoms with E-state index in [9.17, 15) is 27.8 Å². The number of rotatable bonds is 4. The van der Waals surface area contributed by atoms with Crippen molar-refractivity contribution in [2.24, 2.45) is 11.8 Å². The van der Waals surface area contributed by atoms with Crippen LogP contribution in [0.2, 0.25) is 0 Å². The molecule has 1 amide bonds. The van der Waals surface area contributed by atoms with Gasteiger partial charge in [-0.3, -0.25) is 14.1 Å². The molecule has 0 spiro atoms.